The summed E-state index contributed by atoms with van der Waals surface area (Å²) in [6.07, 6.45) is 1.41. The van der Waals surface area contributed by atoms with Gasteiger partial charge in [0.15, 0.2) is 0 Å². The third kappa shape index (κ3) is 6.78. The van der Waals surface area contributed by atoms with Crippen LogP contribution in [0.15, 0.2) is 60.7 Å². The van der Waals surface area contributed by atoms with Gasteiger partial charge in [0, 0.05) is 13.2 Å². The molecule has 0 unspecified atom stereocenters. The molecule has 180 valence electrons. The average Bonchev–Trinajstić information content (AvgIpc) is 3.49. The van der Waals surface area contributed by atoms with E-state index in [1.165, 1.54) is 10.4 Å². The molecular formula is C28H40O4Si. The van der Waals surface area contributed by atoms with Crippen molar-refractivity contribution in [3.05, 3.63) is 60.7 Å². The summed E-state index contributed by atoms with van der Waals surface area (Å²) < 4.78 is 18.2. The maximum Gasteiger partial charge on any atom is 0.308 e. The van der Waals surface area contributed by atoms with Gasteiger partial charge >= 0.3 is 5.97 Å². The lowest BCUT2D eigenvalue weighted by Gasteiger charge is -2.43. The van der Waals surface area contributed by atoms with Crippen LogP contribution in [0.4, 0.5) is 0 Å². The summed E-state index contributed by atoms with van der Waals surface area (Å²) in [4.78, 5) is 11.8. The van der Waals surface area contributed by atoms with Crippen LogP contribution in [0.2, 0.25) is 5.04 Å². The van der Waals surface area contributed by atoms with Crippen molar-refractivity contribution in [3.63, 3.8) is 0 Å². The standard InChI is InChI=1S/C28H40O4Si/c1-27(2,3)32-26(29)17-18-30-20-22-19-23(22)21-31-33(28(4,5)6,24-13-9-7-10-14-24)25-15-11-8-12-16-25/h7-16,22-23H,17-21H2,1-6H3/t22-,23+/m0/s1. The molecule has 33 heavy (non-hydrogen) atoms. The normalized spacial score (nSPS) is 18.7. The maximum absolute atomic E-state index is 11.8. The first-order valence-corrected chi connectivity index (χ1v) is 14.0. The highest BCUT2D eigenvalue weighted by molar-refractivity contribution is 6.99. The zero-order valence-corrected chi connectivity index (χ0v) is 22.1. The highest BCUT2D eigenvalue weighted by atomic mass is 28.4. The van der Waals surface area contributed by atoms with Gasteiger partial charge in [0.05, 0.1) is 13.0 Å². The minimum Gasteiger partial charge on any atom is -0.460 e. The van der Waals surface area contributed by atoms with Crippen LogP contribution in [0.5, 0.6) is 0 Å². The van der Waals surface area contributed by atoms with E-state index in [0.29, 0.717) is 31.5 Å². The molecule has 1 saturated carbocycles. The topological polar surface area (TPSA) is 44.8 Å². The number of carbonyl (C=O) groups is 1. The monoisotopic (exact) mass is 468 g/mol. The van der Waals surface area contributed by atoms with Crippen molar-refractivity contribution in [2.75, 3.05) is 19.8 Å². The van der Waals surface area contributed by atoms with Crippen molar-refractivity contribution in [2.45, 2.75) is 65.0 Å². The molecule has 4 nitrogen and oxygen atoms in total. The van der Waals surface area contributed by atoms with Crippen LogP contribution in [0.1, 0.15) is 54.4 Å². The third-order valence-corrected chi connectivity index (χ3v) is 11.2. The second-order valence-corrected chi connectivity index (χ2v) is 15.4. The Kier molecular flexibility index (Phi) is 8.20. The zero-order chi connectivity index (χ0) is 24.1. The predicted molar refractivity (Wildman–Crippen MR) is 136 cm³/mol. The van der Waals surface area contributed by atoms with Crippen LogP contribution in [0.25, 0.3) is 0 Å². The molecule has 0 heterocycles. The molecule has 0 saturated heterocycles. The number of hydrogen-bond donors (Lipinski definition) is 0. The van der Waals surface area contributed by atoms with Crippen LogP contribution >= 0.6 is 0 Å². The predicted octanol–water partition coefficient (Wildman–Crippen LogP) is 4.95. The van der Waals surface area contributed by atoms with Crippen LogP contribution in [0, 0.1) is 11.8 Å². The quantitative estimate of drug-likeness (QED) is 0.281. The minimum atomic E-state index is -2.48. The Hall–Kier alpha value is -1.95. The van der Waals surface area contributed by atoms with Crippen molar-refractivity contribution in [3.8, 4) is 0 Å². The maximum atomic E-state index is 11.8. The third-order valence-electron chi connectivity index (χ3n) is 6.20. The lowest BCUT2D eigenvalue weighted by molar-refractivity contribution is -0.156. The molecule has 0 spiro atoms. The van der Waals surface area contributed by atoms with E-state index in [9.17, 15) is 4.79 Å². The summed E-state index contributed by atoms with van der Waals surface area (Å²) in [5.74, 6) is 0.805. The molecule has 1 aliphatic carbocycles. The Bertz CT molecular complexity index is 844. The number of hydrogen-bond acceptors (Lipinski definition) is 4. The molecule has 0 aromatic heterocycles. The molecule has 2 atom stereocenters. The Balaban J connectivity index is 1.60. The molecule has 0 N–H and O–H groups in total. The second-order valence-electron chi connectivity index (χ2n) is 11.1. The van der Waals surface area contributed by atoms with Gasteiger partial charge in [-0.05, 0) is 54.4 Å². The number of esters is 1. The molecular weight excluding hydrogens is 428 g/mol. The van der Waals surface area contributed by atoms with E-state index in [2.05, 4.69) is 81.4 Å². The molecule has 5 heteroatoms. The van der Waals surface area contributed by atoms with Gasteiger partial charge in [-0.1, -0.05) is 81.4 Å². The number of carbonyl (C=O) groups excluding carboxylic acids is 1. The molecule has 0 bridgehead atoms. The Morgan fingerprint density at radius 1 is 0.848 bits per heavy atom. The largest absolute Gasteiger partial charge is 0.460 e. The first kappa shape index (κ1) is 25.7. The van der Waals surface area contributed by atoms with Crippen molar-refractivity contribution >= 4 is 24.7 Å². The van der Waals surface area contributed by atoms with E-state index >= 15 is 0 Å². The van der Waals surface area contributed by atoms with E-state index in [1.807, 2.05) is 20.8 Å². The lowest BCUT2D eigenvalue weighted by atomic mass is 10.2. The van der Waals surface area contributed by atoms with Crippen molar-refractivity contribution in [1.82, 2.24) is 0 Å². The fraction of sp³-hybridized carbons (Fsp3) is 0.536. The van der Waals surface area contributed by atoms with Crippen molar-refractivity contribution in [1.29, 1.82) is 0 Å². The van der Waals surface area contributed by atoms with Gasteiger partial charge in [0.25, 0.3) is 8.32 Å². The fourth-order valence-electron chi connectivity index (χ4n) is 4.49. The fourth-order valence-corrected chi connectivity index (χ4v) is 9.11. The zero-order valence-electron chi connectivity index (χ0n) is 21.1. The Morgan fingerprint density at radius 3 is 1.85 bits per heavy atom. The minimum absolute atomic E-state index is 0.00991. The summed E-state index contributed by atoms with van der Waals surface area (Å²) in [5.41, 5.74) is -0.447. The lowest BCUT2D eigenvalue weighted by Crippen LogP contribution is -2.66. The number of benzene rings is 2. The first-order valence-electron chi connectivity index (χ1n) is 12.1. The van der Waals surface area contributed by atoms with Gasteiger partial charge < -0.3 is 13.9 Å². The molecule has 2 aromatic rings. The highest BCUT2D eigenvalue weighted by Crippen LogP contribution is 2.42. The first-order chi connectivity index (χ1) is 15.5. The summed E-state index contributed by atoms with van der Waals surface area (Å²) in [7, 11) is -2.48. The van der Waals surface area contributed by atoms with Gasteiger partial charge in [0.1, 0.15) is 5.60 Å². The number of rotatable bonds is 10. The molecule has 0 aliphatic heterocycles. The smallest absolute Gasteiger partial charge is 0.308 e. The van der Waals surface area contributed by atoms with E-state index in [1.54, 1.807) is 0 Å². The van der Waals surface area contributed by atoms with E-state index in [0.717, 1.165) is 13.0 Å². The van der Waals surface area contributed by atoms with E-state index in [4.69, 9.17) is 13.9 Å². The SMILES string of the molecule is CC(C)(C)OC(=O)CCOC[C@@H]1C[C@@H]1CO[Si](c1ccccc1)(c1ccccc1)C(C)(C)C. The van der Waals surface area contributed by atoms with Gasteiger partial charge in [-0.25, -0.2) is 0 Å². The summed E-state index contributed by atoms with van der Waals surface area (Å²) in [5, 5.41) is 2.62. The molecule has 0 amide bonds. The van der Waals surface area contributed by atoms with Crippen LogP contribution in [-0.4, -0.2) is 39.7 Å². The average molecular weight is 469 g/mol. The van der Waals surface area contributed by atoms with Gasteiger partial charge in [0.2, 0.25) is 0 Å². The van der Waals surface area contributed by atoms with E-state index in [-0.39, 0.29) is 11.0 Å². The molecule has 1 fully saturated rings. The molecule has 0 radical (unpaired) electrons. The molecule has 1 aliphatic rings. The molecule has 2 aromatic carbocycles. The van der Waals surface area contributed by atoms with Crippen molar-refractivity contribution < 1.29 is 18.7 Å². The highest BCUT2D eigenvalue weighted by Gasteiger charge is 2.51. The van der Waals surface area contributed by atoms with Gasteiger partial charge in [-0.3, -0.25) is 4.79 Å². The van der Waals surface area contributed by atoms with Gasteiger partial charge in [-0.15, -0.1) is 0 Å². The summed E-state index contributed by atoms with van der Waals surface area (Å²) >= 11 is 0. The summed E-state index contributed by atoms with van der Waals surface area (Å²) in [6, 6.07) is 21.5. The second kappa shape index (κ2) is 10.5. The Morgan fingerprint density at radius 2 is 1.36 bits per heavy atom. The van der Waals surface area contributed by atoms with E-state index < -0.39 is 13.9 Å². The Labute approximate surface area is 200 Å². The van der Waals surface area contributed by atoms with Gasteiger partial charge in [-0.2, -0.15) is 0 Å². The van der Waals surface area contributed by atoms with Crippen LogP contribution in [-0.2, 0) is 18.7 Å². The van der Waals surface area contributed by atoms with Crippen molar-refractivity contribution in [2.24, 2.45) is 11.8 Å². The number of ether oxygens (including phenoxy) is 2. The summed E-state index contributed by atoms with van der Waals surface area (Å²) in [6.45, 7) is 14.4. The molecule has 3 rings (SSSR count). The van der Waals surface area contributed by atoms with Crippen LogP contribution in [0.3, 0.4) is 0 Å². The van der Waals surface area contributed by atoms with Crippen LogP contribution < -0.4 is 10.4 Å².